The molecule has 0 spiro atoms. The van der Waals surface area contributed by atoms with Gasteiger partial charge < -0.3 is 5.73 Å². The molecule has 3 rings (SSSR count). The van der Waals surface area contributed by atoms with E-state index in [0.29, 0.717) is 11.1 Å². The second-order valence-corrected chi connectivity index (χ2v) is 4.40. The Morgan fingerprint density at radius 3 is 2.88 bits per heavy atom. The van der Waals surface area contributed by atoms with Gasteiger partial charge in [-0.25, -0.2) is 4.68 Å². The van der Waals surface area contributed by atoms with Crippen LogP contribution in [0, 0.1) is 0 Å². The number of aromatic amines is 1. The summed E-state index contributed by atoms with van der Waals surface area (Å²) < 4.78 is 1.76. The van der Waals surface area contributed by atoms with Gasteiger partial charge in [-0.3, -0.25) is 9.89 Å². The minimum absolute atomic E-state index is 0.151. The molecule has 16 heavy (non-hydrogen) atoms. The van der Waals surface area contributed by atoms with E-state index in [2.05, 4.69) is 5.10 Å². The molecule has 0 aliphatic carbocycles. The number of nitrogens with one attached hydrogen (secondary N) is 1. The number of H-pyrrole nitrogens is 1. The molecule has 1 aromatic carbocycles. The fourth-order valence-electron chi connectivity index (χ4n) is 1.78. The largest absolute Gasteiger partial charge is 0.398 e. The monoisotopic (exact) mass is 231 g/mol. The lowest BCUT2D eigenvalue weighted by molar-refractivity contribution is 0.907. The van der Waals surface area contributed by atoms with Crippen LogP contribution in [0.15, 0.2) is 40.5 Å². The molecule has 0 fully saturated rings. The van der Waals surface area contributed by atoms with Crippen molar-refractivity contribution in [1.82, 2.24) is 9.78 Å². The Hall–Kier alpha value is -2.01. The van der Waals surface area contributed by atoms with Crippen molar-refractivity contribution in [2.24, 2.45) is 0 Å². The Balaban J connectivity index is 2.45. The van der Waals surface area contributed by atoms with Crippen molar-refractivity contribution < 1.29 is 0 Å². The highest BCUT2D eigenvalue weighted by molar-refractivity contribution is 7.12. The molecule has 0 atom stereocenters. The number of hydrogen-bond acceptors (Lipinski definition) is 3. The van der Waals surface area contributed by atoms with Crippen molar-refractivity contribution >= 4 is 27.9 Å². The van der Waals surface area contributed by atoms with Crippen LogP contribution in [0.25, 0.3) is 15.9 Å². The second-order valence-electron chi connectivity index (χ2n) is 3.47. The molecule has 3 aromatic rings. The van der Waals surface area contributed by atoms with Crippen molar-refractivity contribution in [3.63, 3.8) is 0 Å². The first-order valence-electron chi connectivity index (χ1n) is 4.80. The Morgan fingerprint density at radius 1 is 1.25 bits per heavy atom. The number of nitrogens with two attached hydrogens (primary N) is 1. The van der Waals surface area contributed by atoms with Gasteiger partial charge in [0.25, 0.3) is 5.56 Å². The van der Waals surface area contributed by atoms with Crippen molar-refractivity contribution in [2.45, 2.75) is 0 Å². The lowest BCUT2D eigenvalue weighted by Crippen LogP contribution is -2.03. The van der Waals surface area contributed by atoms with E-state index >= 15 is 0 Å². The molecular weight excluding hydrogens is 222 g/mol. The first kappa shape index (κ1) is 9.23. The van der Waals surface area contributed by atoms with Gasteiger partial charge in [-0.15, -0.1) is 11.3 Å². The van der Waals surface area contributed by atoms with E-state index in [1.165, 1.54) is 0 Å². The normalized spacial score (nSPS) is 11.0. The maximum absolute atomic E-state index is 11.8. The van der Waals surface area contributed by atoms with E-state index in [-0.39, 0.29) is 5.56 Å². The van der Waals surface area contributed by atoms with Gasteiger partial charge >= 0.3 is 0 Å². The molecule has 3 N–H and O–H groups in total. The number of fused-ring (bicyclic) bond motifs is 1. The molecule has 4 nitrogen and oxygen atoms in total. The second kappa shape index (κ2) is 3.24. The summed E-state index contributed by atoms with van der Waals surface area (Å²) in [5, 5.41) is 6.27. The molecular formula is C11H9N3OS. The van der Waals surface area contributed by atoms with Crippen LogP contribution >= 0.6 is 11.3 Å². The van der Waals surface area contributed by atoms with Gasteiger partial charge in [0.05, 0.1) is 10.9 Å². The van der Waals surface area contributed by atoms with E-state index in [1.54, 1.807) is 22.1 Å². The zero-order chi connectivity index (χ0) is 11.1. The highest BCUT2D eigenvalue weighted by atomic mass is 32.1. The molecule has 2 aromatic heterocycles. The van der Waals surface area contributed by atoms with E-state index < -0.39 is 0 Å². The van der Waals surface area contributed by atoms with Crippen LogP contribution in [0.3, 0.4) is 0 Å². The Bertz CT molecular complexity index is 694. The molecule has 0 saturated carbocycles. The van der Waals surface area contributed by atoms with Gasteiger partial charge in [0.1, 0.15) is 5.00 Å². The number of thiophene rings is 1. The van der Waals surface area contributed by atoms with Crippen LogP contribution in [0.1, 0.15) is 0 Å². The Morgan fingerprint density at radius 2 is 2.12 bits per heavy atom. The molecule has 0 radical (unpaired) electrons. The summed E-state index contributed by atoms with van der Waals surface area (Å²) >= 11 is 1.56. The highest BCUT2D eigenvalue weighted by Crippen LogP contribution is 2.22. The summed E-state index contributed by atoms with van der Waals surface area (Å²) in [5.74, 6) is 0. The lowest BCUT2D eigenvalue weighted by atomic mass is 10.2. The third-order valence-electron chi connectivity index (χ3n) is 2.48. The SMILES string of the molecule is Nc1cccc2c1c(=O)[nH]n2-c1cccs1. The van der Waals surface area contributed by atoms with Crippen LogP contribution in [0.5, 0.6) is 0 Å². The van der Waals surface area contributed by atoms with Gasteiger partial charge in [-0.1, -0.05) is 6.07 Å². The van der Waals surface area contributed by atoms with Gasteiger partial charge in [-0.2, -0.15) is 0 Å². The minimum Gasteiger partial charge on any atom is -0.398 e. The minimum atomic E-state index is -0.151. The topological polar surface area (TPSA) is 63.8 Å². The summed E-state index contributed by atoms with van der Waals surface area (Å²) in [7, 11) is 0. The summed E-state index contributed by atoms with van der Waals surface area (Å²) in [6, 6.07) is 9.34. The van der Waals surface area contributed by atoms with Gasteiger partial charge in [0.2, 0.25) is 0 Å². The van der Waals surface area contributed by atoms with Crippen molar-refractivity contribution in [2.75, 3.05) is 5.73 Å². The van der Waals surface area contributed by atoms with Crippen LogP contribution in [-0.2, 0) is 0 Å². The van der Waals surface area contributed by atoms with Crippen LogP contribution in [0.2, 0.25) is 0 Å². The Kier molecular flexibility index (Phi) is 1.87. The first-order valence-corrected chi connectivity index (χ1v) is 5.68. The van der Waals surface area contributed by atoms with Crippen LogP contribution < -0.4 is 11.3 Å². The zero-order valence-corrected chi connectivity index (χ0v) is 9.12. The number of anilines is 1. The average molecular weight is 231 g/mol. The molecule has 2 heterocycles. The first-order chi connectivity index (χ1) is 7.77. The fraction of sp³-hybridized carbons (Fsp3) is 0. The lowest BCUT2D eigenvalue weighted by Gasteiger charge is -2.00. The molecule has 0 aliphatic rings. The molecule has 0 bridgehead atoms. The molecule has 0 amide bonds. The quantitative estimate of drug-likeness (QED) is 0.629. The van der Waals surface area contributed by atoms with Gasteiger partial charge in [0, 0.05) is 5.69 Å². The number of rotatable bonds is 1. The maximum Gasteiger partial charge on any atom is 0.274 e. The molecule has 5 heteroatoms. The predicted octanol–water partition coefficient (Wildman–Crippen LogP) is 1.96. The van der Waals surface area contributed by atoms with E-state index in [4.69, 9.17) is 5.73 Å². The number of benzene rings is 1. The third kappa shape index (κ3) is 1.18. The highest BCUT2D eigenvalue weighted by Gasteiger charge is 2.10. The molecule has 80 valence electrons. The van der Waals surface area contributed by atoms with Gasteiger partial charge in [-0.05, 0) is 29.6 Å². The van der Waals surface area contributed by atoms with E-state index in [0.717, 1.165) is 10.5 Å². The smallest absolute Gasteiger partial charge is 0.274 e. The summed E-state index contributed by atoms with van der Waals surface area (Å²) in [6.45, 7) is 0. The van der Waals surface area contributed by atoms with Crippen LogP contribution in [-0.4, -0.2) is 9.78 Å². The van der Waals surface area contributed by atoms with Crippen molar-refractivity contribution in [3.05, 3.63) is 46.1 Å². The third-order valence-corrected chi connectivity index (χ3v) is 3.34. The summed E-state index contributed by atoms with van der Waals surface area (Å²) in [5.41, 5.74) is 6.96. The molecule has 0 unspecified atom stereocenters. The Labute approximate surface area is 94.9 Å². The van der Waals surface area contributed by atoms with Crippen LogP contribution in [0.4, 0.5) is 5.69 Å². The molecule has 0 aliphatic heterocycles. The van der Waals surface area contributed by atoms with Crippen molar-refractivity contribution in [3.8, 4) is 5.00 Å². The fourth-order valence-corrected chi connectivity index (χ4v) is 2.48. The van der Waals surface area contributed by atoms with E-state index in [9.17, 15) is 4.79 Å². The zero-order valence-electron chi connectivity index (χ0n) is 8.31. The average Bonchev–Trinajstić information content (AvgIpc) is 2.86. The van der Waals surface area contributed by atoms with E-state index in [1.807, 2.05) is 29.6 Å². The number of nitrogen functional groups attached to an aromatic ring is 1. The number of aromatic nitrogens is 2. The number of hydrogen-bond donors (Lipinski definition) is 2. The van der Waals surface area contributed by atoms with Gasteiger partial charge in [0.15, 0.2) is 0 Å². The van der Waals surface area contributed by atoms with Crippen molar-refractivity contribution in [1.29, 1.82) is 0 Å². The standard InChI is InChI=1S/C11H9N3OS/c12-7-3-1-4-8-10(7)11(15)13-14(8)9-5-2-6-16-9/h1-6H,12H2,(H,13,15). The predicted molar refractivity (Wildman–Crippen MR) is 66.2 cm³/mol. The summed E-state index contributed by atoms with van der Waals surface area (Å²) in [4.78, 5) is 11.8. The molecule has 0 saturated heterocycles. The summed E-state index contributed by atoms with van der Waals surface area (Å²) in [6.07, 6.45) is 0. The number of nitrogens with zero attached hydrogens (tertiary/aromatic N) is 1. The maximum atomic E-state index is 11.8.